The number of nitrogens with zero attached hydrogens (tertiary/aromatic N) is 3. The molecule has 0 atom stereocenters. The maximum absolute atomic E-state index is 12.8. The molecule has 0 aliphatic rings. The second kappa shape index (κ2) is 9.06. The van der Waals surface area contributed by atoms with Crippen LogP contribution in [0.2, 0.25) is 0 Å². The van der Waals surface area contributed by atoms with E-state index in [2.05, 4.69) is 23.9 Å². The summed E-state index contributed by atoms with van der Waals surface area (Å²) in [5.41, 5.74) is 2.68. The second-order valence-corrected chi connectivity index (χ2v) is 5.98. The molecule has 128 valence electrons. The van der Waals surface area contributed by atoms with Crippen molar-refractivity contribution < 1.29 is 4.79 Å². The lowest BCUT2D eigenvalue weighted by molar-refractivity contribution is 0.0746. The van der Waals surface area contributed by atoms with Crippen LogP contribution in [0.1, 0.15) is 42.7 Å². The minimum Gasteiger partial charge on any atom is -0.374 e. The Morgan fingerprint density at radius 1 is 1.12 bits per heavy atom. The SMILES string of the molecule is CCCCN(C)c1ccnc(C(=O)N(CC)Cc2ccccc2)c1. The maximum atomic E-state index is 12.8. The van der Waals surface area contributed by atoms with Crippen molar-refractivity contribution in [1.29, 1.82) is 0 Å². The predicted octanol–water partition coefficient (Wildman–Crippen LogP) is 3.98. The standard InChI is InChI=1S/C20H27N3O/c1-4-6-14-22(3)18-12-13-21-19(15-18)20(24)23(5-2)16-17-10-8-7-9-11-17/h7-13,15H,4-6,14,16H2,1-3H3. The molecule has 0 fully saturated rings. The molecule has 24 heavy (non-hydrogen) atoms. The van der Waals surface area contributed by atoms with Gasteiger partial charge in [-0.1, -0.05) is 43.7 Å². The zero-order valence-electron chi connectivity index (χ0n) is 14.9. The number of aromatic nitrogens is 1. The first kappa shape index (κ1) is 18.0. The highest BCUT2D eigenvalue weighted by Crippen LogP contribution is 2.16. The van der Waals surface area contributed by atoms with Gasteiger partial charge in [-0.05, 0) is 31.0 Å². The van der Waals surface area contributed by atoms with Crippen molar-refractivity contribution in [2.24, 2.45) is 0 Å². The van der Waals surface area contributed by atoms with Crippen molar-refractivity contribution in [1.82, 2.24) is 9.88 Å². The van der Waals surface area contributed by atoms with Crippen LogP contribution in [0.4, 0.5) is 5.69 Å². The molecule has 0 aliphatic heterocycles. The quantitative estimate of drug-likeness (QED) is 0.736. The number of benzene rings is 1. The van der Waals surface area contributed by atoms with Crippen LogP contribution in [0, 0.1) is 0 Å². The van der Waals surface area contributed by atoms with E-state index in [1.807, 2.05) is 54.3 Å². The smallest absolute Gasteiger partial charge is 0.272 e. The van der Waals surface area contributed by atoms with Gasteiger partial charge in [0, 0.05) is 38.6 Å². The fourth-order valence-electron chi connectivity index (χ4n) is 2.59. The first-order valence-electron chi connectivity index (χ1n) is 8.66. The van der Waals surface area contributed by atoms with Crippen molar-refractivity contribution in [2.45, 2.75) is 33.2 Å². The Hall–Kier alpha value is -2.36. The molecule has 0 N–H and O–H groups in total. The zero-order chi connectivity index (χ0) is 17.4. The van der Waals surface area contributed by atoms with Gasteiger partial charge < -0.3 is 9.80 Å². The Morgan fingerprint density at radius 2 is 1.88 bits per heavy atom. The molecule has 1 heterocycles. The number of rotatable bonds is 8. The number of unbranched alkanes of at least 4 members (excludes halogenated alkanes) is 1. The molecule has 1 aromatic heterocycles. The average molecular weight is 325 g/mol. The summed E-state index contributed by atoms with van der Waals surface area (Å²) < 4.78 is 0. The van der Waals surface area contributed by atoms with Crippen LogP contribution in [0.5, 0.6) is 0 Å². The van der Waals surface area contributed by atoms with Crippen molar-refractivity contribution in [2.75, 3.05) is 25.0 Å². The van der Waals surface area contributed by atoms with Gasteiger partial charge in [0.1, 0.15) is 5.69 Å². The summed E-state index contributed by atoms with van der Waals surface area (Å²) in [6, 6.07) is 13.9. The summed E-state index contributed by atoms with van der Waals surface area (Å²) in [5, 5.41) is 0. The van der Waals surface area contributed by atoms with E-state index in [1.165, 1.54) is 0 Å². The lowest BCUT2D eigenvalue weighted by Gasteiger charge is -2.22. The van der Waals surface area contributed by atoms with E-state index in [4.69, 9.17) is 0 Å². The summed E-state index contributed by atoms with van der Waals surface area (Å²) in [6.45, 7) is 6.42. The summed E-state index contributed by atoms with van der Waals surface area (Å²) in [6.07, 6.45) is 4.01. The van der Waals surface area contributed by atoms with Crippen LogP contribution in [-0.2, 0) is 6.54 Å². The number of carbonyl (C=O) groups excluding carboxylic acids is 1. The molecular weight excluding hydrogens is 298 g/mol. The first-order chi connectivity index (χ1) is 11.7. The molecule has 0 saturated heterocycles. The normalized spacial score (nSPS) is 10.5. The molecule has 0 unspecified atom stereocenters. The van der Waals surface area contributed by atoms with E-state index < -0.39 is 0 Å². The lowest BCUT2D eigenvalue weighted by atomic mass is 10.2. The Bertz CT molecular complexity index is 642. The number of hydrogen-bond donors (Lipinski definition) is 0. The van der Waals surface area contributed by atoms with E-state index in [9.17, 15) is 4.79 Å². The van der Waals surface area contributed by atoms with Gasteiger partial charge in [-0.2, -0.15) is 0 Å². The van der Waals surface area contributed by atoms with Gasteiger partial charge in [-0.15, -0.1) is 0 Å². The lowest BCUT2D eigenvalue weighted by Crippen LogP contribution is -2.31. The molecule has 1 aromatic carbocycles. The summed E-state index contributed by atoms with van der Waals surface area (Å²) in [4.78, 5) is 21.1. The maximum Gasteiger partial charge on any atom is 0.272 e. The summed E-state index contributed by atoms with van der Waals surface area (Å²) >= 11 is 0. The average Bonchev–Trinajstić information content (AvgIpc) is 2.64. The van der Waals surface area contributed by atoms with E-state index >= 15 is 0 Å². The molecule has 2 aromatic rings. The van der Waals surface area contributed by atoms with Crippen LogP contribution in [0.25, 0.3) is 0 Å². The summed E-state index contributed by atoms with van der Waals surface area (Å²) in [7, 11) is 2.06. The minimum atomic E-state index is -0.0212. The number of hydrogen-bond acceptors (Lipinski definition) is 3. The molecule has 0 aliphatic carbocycles. The van der Waals surface area contributed by atoms with Crippen molar-refractivity contribution in [3.8, 4) is 0 Å². The second-order valence-electron chi connectivity index (χ2n) is 5.98. The van der Waals surface area contributed by atoms with Crippen LogP contribution in [0.3, 0.4) is 0 Å². The van der Waals surface area contributed by atoms with E-state index in [-0.39, 0.29) is 5.91 Å². The van der Waals surface area contributed by atoms with Crippen LogP contribution < -0.4 is 4.90 Å². The fraction of sp³-hybridized carbons (Fsp3) is 0.400. The van der Waals surface area contributed by atoms with Crippen molar-refractivity contribution >= 4 is 11.6 Å². The van der Waals surface area contributed by atoms with Gasteiger partial charge in [0.25, 0.3) is 5.91 Å². The van der Waals surface area contributed by atoms with Crippen molar-refractivity contribution in [3.63, 3.8) is 0 Å². The van der Waals surface area contributed by atoms with E-state index in [1.54, 1.807) is 6.20 Å². The minimum absolute atomic E-state index is 0.0212. The van der Waals surface area contributed by atoms with Gasteiger partial charge in [-0.3, -0.25) is 9.78 Å². The molecule has 4 nitrogen and oxygen atoms in total. The van der Waals surface area contributed by atoms with Crippen LogP contribution in [-0.4, -0.2) is 35.9 Å². The third-order valence-corrected chi connectivity index (χ3v) is 4.14. The Kier molecular flexibility index (Phi) is 6.79. The Morgan fingerprint density at radius 3 is 2.54 bits per heavy atom. The van der Waals surface area contributed by atoms with E-state index in [0.29, 0.717) is 18.8 Å². The molecule has 0 saturated carbocycles. The third kappa shape index (κ3) is 4.82. The molecule has 1 amide bonds. The number of pyridine rings is 1. The van der Waals surface area contributed by atoms with Gasteiger partial charge in [0.15, 0.2) is 0 Å². The monoisotopic (exact) mass is 325 g/mol. The number of amides is 1. The van der Waals surface area contributed by atoms with Crippen LogP contribution >= 0.6 is 0 Å². The summed E-state index contributed by atoms with van der Waals surface area (Å²) in [5.74, 6) is -0.0212. The highest BCUT2D eigenvalue weighted by atomic mass is 16.2. The number of anilines is 1. The highest BCUT2D eigenvalue weighted by molar-refractivity contribution is 5.93. The van der Waals surface area contributed by atoms with Crippen LogP contribution in [0.15, 0.2) is 48.7 Å². The first-order valence-corrected chi connectivity index (χ1v) is 8.66. The fourth-order valence-corrected chi connectivity index (χ4v) is 2.59. The predicted molar refractivity (Wildman–Crippen MR) is 99.3 cm³/mol. The van der Waals surface area contributed by atoms with Gasteiger partial charge in [0.05, 0.1) is 0 Å². The van der Waals surface area contributed by atoms with E-state index in [0.717, 1.165) is 30.6 Å². The van der Waals surface area contributed by atoms with Gasteiger partial charge in [-0.25, -0.2) is 0 Å². The Labute approximate surface area is 145 Å². The van der Waals surface area contributed by atoms with Gasteiger partial charge >= 0.3 is 0 Å². The Balaban J connectivity index is 2.12. The molecular formula is C20H27N3O. The molecule has 0 radical (unpaired) electrons. The molecule has 2 rings (SSSR count). The molecule has 0 bridgehead atoms. The zero-order valence-corrected chi connectivity index (χ0v) is 14.9. The number of carbonyl (C=O) groups is 1. The topological polar surface area (TPSA) is 36.4 Å². The molecule has 0 spiro atoms. The third-order valence-electron chi connectivity index (χ3n) is 4.14. The van der Waals surface area contributed by atoms with Crippen molar-refractivity contribution in [3.05, 3.63) is 59.9 Å². The highest BCUT2D eigenvalue weighted by Gasteiger charge is 2.17. The largest absolute Gasteiger partial charge is 0.374 e. The van der Waals surface area contributed by atoms with Gasteiger partial charge in [0.2, 0.25) is 0 Å². The molecule has 4 heteroatoms.